The highest BCUT2D eigenvalue weighted by Gasteiger charge is 2.30. The molecule has 0 bridgehead atoms. The normalized spacial score (nSPS) is 24.4. The van der Waals surface area contributed by atoms with Gasteiger partial charge >= 0.3 is 0 Å². The molecule has 21 heavy (non-hydrogen) atoms. The van der Waals surface area contributed by atoms with Gasteiger partial charge in [-0.05, 0) is 31.9 Å². The smallest absolute Gasteiger partial charge is 0.170 e. The summed E-state index contributed by atoms with van der Waals surface area (Å²) in [7, 11) is 1.57. The van der Waals surface area contributed by atoms with E-state index >= 15 is 0 Å². The molecule has 1 heterocycles. The van der Waals surface area contributed by atoms with Crippen molar-refractivity contribution < 1.29 is 19.1 Å². The quantitative estimate of drug-likeness (QED) is 0.802. The molecule has 1 aromatic carbocycles. The second kappa shape index (κ2) is 5.51. The molecule has 0 aromatic heterocycles. The Hall–Kier alpha value is -1.84. The molecule has 0 N–H and O–H groups in total. The third-order valence-corrected chi connectivity index (χ3v) is 4.34. The summed E-state index contributed by atoms with van der Waals surface area (Å²) < 4.78 is 11.1. The third kappa shape index (κ3) is 2.67. The van der Waals surface area contributed by atoms with Crippen molar-refractivity contribution in [3.8, 4) is 11.5 Å². The van der Waals surface area contributed by atoms with Crippen LogP contribution in [0.5, 0.6) is 11.5 Å². The minimum absolute atomic E-state index is 0.00542. The Morgan fingerprint density at radius 3 is 2.86 bits per heavy atom. The molecule has 112 valence electrons. The Kier molecular flexibility index (Phi) is 3.70. The number of hydrogen-bond donors (Lipinski definition) is 0. The summed E-state index contributed by atoms with van der Waals surface area (Å²) in [5, 5.41) is 0. The molecule has 1 aliphatic carbocycles. The van der Waals surface area contributed by atoms with Crippen molar-refractivity contribution in [1.82, 2.24) is 0 Å². The maximum absolute atomic E-state index is 12.7. The largest absolute Gasteiger partial charge is 0.496 e. The van der Waals surface area contributed by atoms with Crippen LogP contribution in [0.25, 0.3) is 0 Å². The van der Waals surface area contributed by atoms with E-state index in [1.54, 1.807) is 13.2 Å². The van der Waals surface area contributed by atoms with Crippen molar-refractivity contribution in [1.29, 1.82) is 0 Å². The summed E-state index contributed by atoms with van der Waals surface area (Å²) >= 11 is 0. The van der Waals surface area contributed by atoms with Gasteiger partial charge in [-0.1, -0.05) is 0 Å². The van der Waals surface area contributed by atoms with Crippen molar-refractivity contribution in [3.05, 3.63) is 23.3 Å². The molecule has 2 aliphatic rings. The van der Waals surface area contributed by atoms with Gasteiger partial charge < -0.3 is 9.47 Å². The number of rotatable bonds is 3. The highest BCUT2D eigenvalue weighted by Crippen LogP contribution is 2.37. The second-order valence-electron chi connectivity index (χ2n) is 5.99. The fourth-order valence-electron chi connectivity index (χ4n) is 3.27. The zero-order valence-electron chi connectivity index (χ0n) is 12.5. The van der Waals surface area contributed by atoms with Crippen LogP contribution in [0.4, 0.5) is 0 Å². The summed E-state index contributed by atoms with van der Waals surface area (Å²) in [5.41, 5.74) is 1.63. The Bertz CT molecular complexity index is 591. The van der Waals surface area contributed by atoms with Gasteiger partial charge in [-0.25, -0.2) is 0 Å². The summed E-state index contributed by atoms with van der Waals surface area (Å²) in [6.45, 7) is 2.01. The van der Waals surface area contributed by atoms with E-state index in [4.69, 9.17) is 9.47 Å². The third-order valence-electron chi connectivity index (χ3n) is 4.34. The van der Waals surface area contributed by atoms with E-state index in [1.165, 1.54) is 0 Å². The van der Waals surface area contributed by atoms with Crippen LogP contribution in [-0.4, -0.2) is 24.8 Å². The Balaban J connectivity index is 1.92. The molecule has 1 fully saturated rings. The topological polar surface area (TPSA) is 52.6 Å². The molecule has 1 aromatic rings. The van der Waals surface area contributed by atoms with Crippen molar-refractivity contribution >= 4 is 11.6 Å². The van der Waals surface area contributed by atoms with Crippen LogP contribution in [0.2, 0.25) is 0 Å². The number of fused-ring (bicyclic) bond motifs is 1. The average Bonchev–Trinajstić information content (AvgIpc) is 2.84. The number of Topliss-reactive ketones (excluding diaryl/α,β-unsaturated/α-hetero) is 2. The zero-order chi connectivity index (χ0) is 15.0. The van der Waals surface area contributed by atoms with E-state index in [2.05, 4.69) is 0 Å². The van der Waals surface area contributed by atoms with E-state index in [0.717, 1.165) is 30.6 Å². The first-order valence-corrected chi connectivity index (χ1v) is 7.52. The number of ether oxygens (including phenoxy) is 2. The van der Waals surface area contributed by atoms with Gasteiger partial charge in [0.15, 0.2) is 5.78 Å². The molecule has 3 rings (SSSR count). The molecule has 1 aliphatic heterocycles. The molecule has 0 spiro atoms. The second-order valence-corrected chi connectivity index (χ2v) is 5.99. The molecule has 0 amide bonds. The lowest BCUT2D eigenvalue weighted by molar-refractivity contribution is -0.121. The molecule has 4 nitrogen and oxygen atoms in total. The molecule has 0 saturated heterocycles. The monoisotopic (exact) mass is 288 g/mol. The summed E-state index contributed by atoms with van der Waals surface area (Å²) in [5.74, 6) is 1.34. The lowest BCUT2D eigenvalue weighted by atomic mass is 9.82. The highest BCUT2D eigenvalue weighted by atomic mass is 16.5. The van der Waals surface area contributed by atoms with Gasteiger partial charge in [-0.15, -0.1) is 0 Å². The minimum Gasteiger partial charge on any atom is -0.496 e. The van der Waals surface area contributed by atoms with Crippen LogP contribution in [0.15, 0.2) is 12.1 Å². The van der Waals surface area contributed by atoms with Gasteiger partial charge in [0.1, 0.15) is 23.4 Å². The average molecular weight is 288 g/mol. The van der Waals surface area contributed by atoms with Crippen LogP contribution in [0.1, 0.15) is 48.5 Å². The molecule has 4 heteroatoms. The minimum atomic E-state index is -0.211. The molecular weight excluding hydrogens is 268 g/mol. The fourth-order valence-corrected chi connectivity index (χ4v) is 3.27. The van der Waals surface area contributed by atoms with Crippen molar-refractivity contribution in [2.24, 2.45) is 5.92 Å². The Morgan fingerprint density at radius 2 is 2.14 bits per heavy atom. The van der Waals surface area contributed by atoms with Crippen LogP contribution >= 0.6 is 0 Å². The first-order chi connectivity index (χ1) is 10.1. The maximum Gasteiger partial charge on any atom is 0.170 e. The van der Waals surface area contributed by atoms with E-state index in [9.17, 15) is 9.59 Å². The number of carbonyl (C=O) groups is 2. The first-order valence-electron chi connectivity index (χ1n) is 7.52. The Morgan fingerprint density at radius 1 is 1.33 bits per heavy atom. The number of methoxy groups -OCH3 is 1. The van der Waals surface area contributed by atoms with Gasteiger partial charge in [-0.2, -0.15) is 0 Å². The number of carbonyl (C=O) groups excluding carboxylic acids is 2. The van der Waals surface area contributed by atoms with Gasteiger partial charge in [0.2, 0.25) is 0 Å². The maximum atomic E-state index is 12.7. The predicted octanol–water partition coefficient (Wildman–Crippen LogP) is 2.96. The van der Waals surface area contributed by atoms with E-state index in [0.29, 0.717) is 24.2 Å². The Labute approximate surface area is 124 Å². The predicted molar refractivity (Wildman–Crippen MR) is 78.1 cm³/mol. The van der Waals surface area contributed by atoms with Crippen LogP contribution < -0.4 is 9.47 Å². The lowest BCUT2D eigenvalue weighted by Crippen LogP contribution is -2.23. The van der Waals surface area contributed by atoms with Gasteiger partial charge in [-0.3, -0.25) is 9.59 Å². The number of hydrogen-bond acceptors (Lipinski definition) is 4. The van der Waals surface area contributed by atoms with E-state index < -0.39 is 0 Å². The molecule has 2 unspecified atom stereocenters. The summed E-state index contributed by atoms with van der Waals surface area (Å²) in [4.78, 5) is 24.3. The first kappa shape index (κ1) is 14.1. The van der Waals surface area contributed by atoms with E-state index in [-0.39, 0.29) is 23.6 Å². The SMILES string of the molecule is COc1cc2c(cc1C(=O)C1CCCC(=O)C1)OC(C)C2. The van der Waals surface area contributed by atoms with Gasteiger partial charge in [0, 0.05) is 30.7 Å². The lowest BCUT2D eigenvalue weighted by Gasteiger charge is -2.21. The van der Waals surface area contributed by atoms with Crippen LogP contribution in [-0.2, 0) is 11.2 Å². The molecule has 0 radical (unpaired) electrons. The van der Waals surface area contributed by atoms with Crippen LogP contribution in [0, 0.1) is 5.92 Å². The molecule has 1 saturated carbocycles. The summed E-state index contributed by atoms with van der Waals surface area (Å²) in [6, 6.07) is 3.69. The number of ketones is 2. The van der Waals surface area contributed by atoms with Crippen molar-refractivity contribution in [2.75, 3.05) is 7.11 Å². The number of benzene rings is 1. The zero-order valence-corrected chi connectivity index (χ0v) is 12.5. The standard InChI is InChI=1S/C17H20O4/c1-10-6-12-8-16(20-2)14(9-15(12)21-10)17(19)11-4-3-5-13(18)7-11/h8-11H,3-7H2,1-2H3. The van der Waals surface area contributed by atoms with Crippen molar-refractivity contribution in [2.45, 2.75) is 45.1 Å². The highest BCUT2D eigenvalue weighted by molar-refractivity contribution is 6.03. The van der Waals surface area contributed by atoms with Crippen LogP contribution in [0.3, 0.4) is 0 Å². The molecule has 2 atom stereocenters. The molecular formula is C17H20O4. The van der Waals surface area contributed by atoms with E-state index in [1.807, 2.05) is 13.0 Å². The summed E-state index contributed by atoms with van der Waals surface area (Å²) in [6.07, 6.45) is 3.51. The van der Waals surface area contributed by atoms with Gasteiger partial charge in [0.05, 0.1) is 12.7 Å². The van der Waals surface area contributed by atoms with Gasteiger partial charge in [0.25, 0.3) is 0 Å². The van der Waals surface area contributed by atoms with Crippen molar-refractivity contribution in [3.63, 3.8) is 0 Å². The fraction of sp³-hybridized carbons (Fsp3) is 0.529.